The molecule has 0 fully saturated rings. The fourth-order valence-corrected chi connectivity index (χ4v) is 3.63. The van der Waals surface area contributed by atoms with Gasteiger partial charge in [0.1, 0.15) is 0 Å². The van der Waals surface area contributed by atoms with Gasteiger partial charge in [-0.2, -0.15) is 0 Å². The van der Waals surface area contributed by atoms with E-state index < -0.39 is 0 Å². The molecule has 1 unspecified atom stereocenters. The number of nitrogens with two attached hydrogens (primary N) is 1. The van der Waals surface area contributed by atoms with Gasteiger partial charge in [0.2, 0.25) is 0 Å². The summed E-state index contributed by atoms with van der Waals surface area (Å²) in [6.45, 7) is 4.61. The van der Waals surface area contributed by atoms with Crippen LogP contribution in [0.15, 0.2) is 12.1 Å². The molecule has 4 nitrogen and oxygen atoms in total. The third-order valence-corrected chi connectivity index (χ3v) is 5.12. The Hall–Kier alpha value is -1.30. The lowest BCUT2D eigenvalue weighted by molar-refractivity contribution is 0.351. The van der Waals surface area contributed by atoms with Gasteiger partial charge in [-0.25, -0.2) is 4.98 Å². The number of halogens is 1. The first kappa shape index (κ1) is 17.1. The van der Waals surface area contributed by atoms with Crippen molar-refractivity contribution in [2.45, 2.75) is 26.2 Å². The number of hydrogen-bond donors (Lipinski definition) is 1. The van der Waals surface area contributed by atoms with Crippen molar-refractivity contribution in [1.82, 2.24) is 4.98 Å². The minimum Gasteiger partial charge on any atom is -0.493 e. The number of aryl methyl sites for hydroxylation is 2. The lowest BCUT2D eigenvalue weighted by Gasteiger charge is -2.17. The summed E-state index contributed by atoms with van der Waals surface area (Å²) >= 11 is 7.88. The third kappa shape index (κ3) is 3.54. The molecule has 22 heavy (non-hydrogen) atoms. The van der Waals surface area contributed by atoms with E-state index >= 15 is 0 Å². The first-order chi connectivity index (χ1) is 10.5. The molecule has 2 N–H and O–H groups in total. The van der Waals surface area contributed by atoms with Gasteiger partial charge in [0.25, 0.3) is 0 Å². The smallest absolute Gasteiger partial charge is 0.164 e. The summed E-state index contributed by atoms with van der Waals surface area (Å²) < 4.78 is 10.8. The van der Waals surface area contributed by atoms with E-state index in [1.165, 1.54) is 4.88 Å². The Kier molecular flexibility index (Phi) is 5.67. The van der Waals surface area contributed by atoms with Crippen molar-refractivity contribution >= 4 is 22.9 Å². The molecule has 1 atom stereocenters. The normalized spacial score (nSPS) is 12.3. The number of ether oxygens (including phenoxy) is 2. The quantitative estimate of drug-likeness (QED) is 0.870. The zero-order chi connectivity index (χ0) is 16.3. The molecular weight excluding hydrogens is 320 g/mol. The number of nitrogens with zero attached hydrogens (tertiary/aromatic N) is 1. The van der Waals surface area contributed by atoms with Crippen LogP contribution in [0.4, 0.5) is 0 Å². The van der Waals surface area contributed by atoms with Gasteiger partial charge < -0.3 is 15.2 Å². The van der Waals surface area contributed by atoms with E-state index in [2.05, 4.69) is 11.9 Å². The van der Waals surface area contributed by atoms with Crippen LogP contribution in [0.1, 0.15) is 27.1 Å². The molecule has 0 saturated carbocycles. The predicted octanol–water partition coefficient (Wildman–Crippen LogP) is 3.72. The molecule has 120 valence electrons. The van der Waals surface area contributed by atoms with Crippen LogP contribution in [0, 0.1) is 13.8 Å². The number of rotatable bonds is 6. The van der Waals surface area contributed by atoms with Crippen molar-refractivity contribution in [3.8, 4) is 11.5 Å². The van der Waals surface area contributed by atoms with Gasteiger partial charge in [0, 0.05) is 34.0 Å². The van der Waals surface area contributed by atoms with Gasteiger partial charge in [-0.05, 0) is 26.3 Å². The van der Waals surface area contributed by atoms with Crippen molar-refractivity contribution < 1.29 is 9.47 Å². The van der Waals surface area contributed by atoms with Crippen molar-refractivity contribution in [3.63, 3.8) is 0 Å². The van der Waals surface area contributed by atoms with Crippen molar-refractivity contribution in [3.05, 3.63) is 38.3 Å². The van der Waals surface area contributed by atoms with Crippen molar-refractivity contribution in [1.29, 1.82) is 0 Å². The van der Waals surface area contributed by atoms with Gasteiger partial charge >= 0.3 is 0 Å². The lowest BCUT2D eigenvalue weighted by atomic mass is 9.98. The van der Waals surface area contributed by atoms with Crippen LogP contribution >= 0.6 is 22.9 Å². The fraction of sp³-hybridized carbons (Fsp3) is 0.438. The Morgan fingerprint density at radius 2 is 2.00 bits per heavy atom. The Balaban J connectivity index is 2.37. The van der Waals surface area contributed by atoms with E-state index in [9.17, 15) is 0 Å². The molecule has 0 aliphatic rings. The van der Waals surface area contributed by atoms with E-state index in [1.54, 1.807) is 31.6 Å². The fourth-order valence-electron chi connectivity index (χ4n) is 2.37. The highest BCUT2D eigenvalue weighted by Gasteiger charge is 2.20. The van der Waals surface area contributed by atoms with Crippen LogP contribution in [-0.4, -0.2) is 25.7 Å². The Morgan fingerprint density at radius 1 is 1.27 bits per heavy atom. The summed E-state index contributed by atoms with van der Waals surface area (Å²) in [5, 5.41) is 1.67. The Morgan fingerprint density at radius 3 is 2.50 bits per heavy atom. The van der Waals surface area contributed by atoms with Gasteiger partial charge in [-0.1, -0.05) is 11.6 Å². The maximum atomic E-state index is 6.18. The molecule has 0 radical (unpaired) electrons. The molecule has 1 heterocycles. The Bertz CT molecular complexity index is 638. The second-order valence-corrected chi connectivity index (χ2v) is 6.80. The van der Waals surface area contributed by atoms with Gasteiger partial charge in [0.05, 0.1) is 24.9 Å². The third-order valence-electron chi connectivity index (χ3n) is 3.67. The summed E-state index contributed by atoms with van der Waals surface area (Å²) in [5.41, 5.74) is 8.02. The minimum absolute atomic E-state index is 0.134. The van der Waals surface area contributed by atoms with Crippen LogP contribution in [0.5, 0.6) is 11.5 Å². The molecule has 0 aliphatic carbocycles. The molecule has 0 saturated heterocycles. The zero-order valence-electron chi connectivity index (χ0n) is 13.3. The van der Waals surface area contributed by atoms with Crippen molar-refractivity contribution in [2.24, 2.45) is 5.73 Å². The van der Waals surface area contributed by atoms with Crippen LogP contribution < -0.4 is 15.2 Å². The zero-order valence-corrected chi connectivity index (χ0v) is 14.8. The Labute approximate surface area is 140 Å². The number of benzene rings is 1. The highest BCUT2D eigenvalue weighted by molar-refractivity contribution is 7.11. The molecule has 0 bridgehead atoms. The number of aromatic nitrogens is 1. The van der Waals surface area contributed by atoms with Crippen LogP contribution in [0.2, 0.25) is 5.02 Å². The van der Waals surface area contributed by atoms with Crippen molar-refractivity contribution in [2.75, 3.05) is 20.8 Å². The van der Waals surface area contributed by atoms with E-state index in [-0.39, 0.29) is 5.92 Å². The van der Waals surface area contributed by atoms with Crippen LogP contribution in [0.25, 0.3) is 0 Å². The molecule has 0 spiro atoms. The van der Waals surface area contributed by atoms with Gasteiger partial charge in [-0.3, -0.25) is 0 Å². The minimum atomic E-state index is 0.134. The maximum Gasteiger partial charge on any atom is 0.164 e. The van der Waals surface area contributed by atoms with Gasteiger partial charge in [0.15, 0.2) is 11.5 Å². The molecule has 2 rings (SSSR count). The highest BCUT2D eigenvalue weighted by atomic mass is 35.5. The van der Waals surface area contributed by atoms with E-state index in [1.807, 2.05) is 13.0 Å². The molecule has 2 aromatic rings. The molecule has 0 amide bonds. The van der Waals surface area contributed by atoms with Crippen LogP contribution in [0.3, 0.4) is 0 Å². The molecule has 1 aromatic heterocycles. The first-order valence-electron chi connectivity index (χ1n) is 7.04. The largest absolute Gasteiger partial charge is 0.493 e. The predicted molar refractivity (Wildman–Crippen MR) is 91.6 cm³/mol. The SMILES string of the molecule is COc1cc(Cl)cc(CC(CN)c2nc(C)c(C)s2)c1OC. The van der Waals surface area contributed by atoms with E-state index in [4.69, 9.17) is 26.8 Å². The summed E-state index contributed by atoms with van der Waals surface area (Å²) in [4.78, 5) is 5.86. The summed E-state index contributed by atoms with van der Waals surface area (Å²) in [6.07, 6.45) is 0.711. The maximum absolute atomic E-state index is 6.18. The van der Waals surface area contributed by atoms with Crippen LogP contribution in [-0.2, 0) is 6.42 Å². The summed E-state index contributed by atoms with van der Waals surface area (Å²) in [6, 6.07) is 3.65. The lowest BCUT2D eigenvalue weighted by Crippen LogP contribution is -2.15. The molecule has 6 heteroatoms. The molecular formula is C16H21ClN2O2S. The highest BCUT2D eigenvalue weighted by Crippen LogP contribution is 2.37. The summed E-state index contributed by atoms with van der Waals surface area (Å²) in [5.74, 6) is 1.47. The van der Waals surface area contributed by atoms with Gasteiger partial charge in [-0.15, -0.1) is 11.3 Å². The number of methoxy groups -OCH3 is 2. The average molecular weight is 341 g/mol. The molecule has 1 aromatic carbocycles. The standard InChI is InChI=1S/C16H21ClN2O2S/c1-9-10(2)22-16(19-9)12(8-18)5-11-6-13(17)7-14(20-3)15(11)21-4/h6-7,12H,5,8,18H2,1-4H3. The average Bonchev–Trinajstić information content (AvgIpc) is 2.83. The second kappa shape index (κ2) is 7.31. The first-order valence-corrected chi connectivity index (χ1v) is 8.24. The van der Waals surface area contributed by atoms with E-state index in [0.29, 0.717) is 29.5 Å². The number of thiazole rings is 1. The van der Waals surface area contributed by atoms with E-state index in [0.717, 1.165) is 16.3 Å². The summed E-state index contributed by atoms with van der Waals surface area (Å²) in [7, 11) is 3.23. The number of hydrogen-bond acceptors (Lipinski definition) is 5. The monoisotopic (exact) mass is 340 g/mol. The molecule has 0 aliphatic heterocycles. The second-order valence-electron chi connectivity index (χ2n) is 5.13. The topological polar surface area (TPSA) is 57.4 Å².